The molecule has 0 saturated carbocycles. The molecule has 3 heteroatoms. The van der Waals surface area contributed by atoms with E-state index >= 15 is 0 Å². The molecule has 0 aromatic heterocycles. The Morgan fingerprint density at radius 2 is 1.79 bits per heavy atom. The number of carbonyl (C=O) groups excluding carboxylic acids is 1. The number of hydrogen-bond donors (Lipinski definition) is 0. The highest BCUT2D eigenvalue weighted by Gasteiger charge is 2.17. The predicted molar refractivity (Wildman–Crippen MR) is 78.4 cm³/mol. The van der Waals surface area contributed by atoms with Gasteiger partial charge in [-0.25, -0.2) is 0 Å². The summed E-state index contributed by atoms with van der Waals surface area (Å²) in [5, 5.41) is 0. The van der Waals surface area contributed by atoms with E-state index in [1.165, 1.54) is 5.56 Å². The second-order valence-corrected chi connectivity index (χ2v) is 4.87. The lowest BCUT2D eigenvalue weighted by Crippen LogP contribution is -2.34. The highest BCUT2D eigenvalue weighted by molar-refractivity contribution is 5.78. The fourth-order valence-electron chi connectivity index (χ4n) is 2.15. The molecule has 0 heterocycles. The lowest BCUT2D eigenvalue weighted by atomic mass is 10.0. The van der Waals surface area contributed by atoms with Gasteiger partial charge in [0.2, 0.25) is 5.91 Å². The van der Waals surface area contributed by atoms with Crippen LogP contribution < -0.4 is 4.74 Å². The summed E-state index contributed by atoms with van der Waals surface area (Å²) in [5.41, 5.74) is 1.23. The largest absolute Gasteiger partial charge is 0.497 e. The molecule has 0 atom stereocenters. The van der Waals surface area contributed by atoms with Crippen LogP contribution in [-0.4, -0.2) is 31.5 Å². The molecule has 0 spiro atoms. The molecule has 1 aromatic rings. The average molecular weight is 263 g/mol. The highest BCUT2D eigenvalue weighted by atomic mass is 16.5. The first-order valence-corrected chi connectivity index (χ1v) is 7.00. The minimum atomic E-state index is 0.167. The van der Waals surface area contributed by atoms with Crippen molar-refractivity contribution in [2.45, 2.75) is 33.1 Å². The van der Waals surface area contributed by atoms with Crippen molar-refractivity contribution in [2.24, 2.45) is 5.92 Å². The van der Waals surface area contributed by atoms with Crippen molar-refractivity contribution in [3.05, 3.63) is 29.8 Å². The summed E-state index contributed by atoms with van der Waals surface area (Å²) in [4.78, 5) is 14.0. The summed E-state index contributed by atoms with van der Waals surface area (Å²) >= 11 is 0. The second-order valence-electron chi connectivity index (χ2n) is 4.87. The molecule has 0 aliphatic rings. The second kappa shape index (κ2) is 7.82. The van der Waals surface area contributed by atoms with Gasteiger partial charge in [0.15, 0.2) is 0 Å². The number of methoxy groups -OCH3 is 1. The first kappa shape index (κ1) is 15.5. The van der Waals surface area contributed by atoms with Crippen LogP contribution in [0, 0.1) is 5.92 Å². The number of benzene rings is 1. The smallest absolute Gasteiger partial charge is 0.225 e. The maximum absolute atomic E-state index is 12.1. The molecule has 1 rings (SSSR count). The monoisotopic (exact) mass is 263 g/mol. The van der Waals surface area contributed by atoms with Crippen molar-refractivity contribution in [1.29, 1.82) is 0 Å². The van der Waals surface area contributed by atoms with Gasteiger partial charge in [-0.3, -0.25) is 4.79 Å². The van der Waals surface area contributed by atoms with E-state index in [1.807, 2.05) is 36.2 Å². The first-order valence-electron chi connectivity index (χ1n) is 7.00. The molecule has 1 amide bonds. The summed E-state index contributed by atoms with van der Waals surface area (Å²) in [7, 11) is 3.56. The van der Waals surface area contributed by atoms with Crippen LogP contribution in [0.1, 0.15) is 32.3 Å². The van der Waals surface area contributed by atoms with Gasteiger partial charge in [-0.05, 0) is 37.0 Å². The van der Waals surface area contributed by atoms with Crippen molar-refractivity contribution in [3.8, 4) is 5.75 Å². The molecule has 0 bridgehead atoms. The number of rotatable bonds is 7. The molecule has 0 N–H and O–H groups in total. The minimum Gasteiger partial charge on any atom is -0.497 e. The van der Waals surface area contributed by atoms with Gasteiger partial charge in [-0.1, -0.05) is 26.0 Å². The molecule has 1 aromatic carbocycles. The van der Waals surface area contributed by atoms with Crippen molar-refractivity contribution in [3.63, 3.8) is 0 Å². The SMILES string of the molecule is CCC(CC)C(=O)N(C)CCc1ccc(OC)cc1. The van der Waals surface area contributed by atoms with Crippen LogP contribution in [0.15, 0.2) is 24.3 Å². The van der Waals surface area contributed by atoms with Crippen LogP contribution >= 0.6 is 0 Å². The van der Waals surface area contributed by atoms with E-state index in [1.54, 1.807) is 7.11 Å². The number of ether oxygens (including phenoxy) is 1. The Balaban J connectivity index is 2.48. The number of amides is 1. The number of hydrogen-bond acceptors (Lipinski definition) is 2. The maximum atomic E-state index is 12.1. The van der Waals surface area contributed by atoms with E-state index in [0.29, 0.717) is 0 Å². The van der Waals surface area contributed by atoms with Crippen LogP contribution in [0.2, 0.25) is 0 Å². The average Bonchev–Trinajstić information content (AvgIpc) is 2.46. The molecule has 0 saturated heterocycles. The number of nitrogens with zero attached hydrogens (tertiary/aromatic N) is 1. The molecule has 0 unspecified atom stereocenters. The third-order valence-corrected chi connectivity index (χ3v) is 3.61. The van der Waals surface area contributed by atoms with Gasteiger partial charge in [0, 0.05) is 19.5 Å². The normalized spacial score (nSPS) is 10.6. The maximum Gasteiger partial charge on any atom is 0.225 e. The first-order chi connectivity index (χ1) is 9.12. The molecular weight excluding hydrogens is 238 g/mol. The van der Waals surface area contributed by atoms with Crippen molar-refractivity contribution in [2.75, 3.05) is 20.7 Å². The Morgan fingerprint density at radius 1 is 1.21 bits per heavy atom. The summed E-state index contributed by atoms with van der Waals surface area (Å²) in [6, 6.07) is 8.01. The number of carbonyl (C=O) groups is 1. The standard InChI is InChI=1S/C16H25NO2/c1-5-14(6-2)16(18)17(3)12-11-13-7-9-15(19-4)10-8-13/h7-10,14H,5-6,11-12H2,1-4H3. The van der Waals surface area contributed by atoms with E-state index in [-0.39, 0.29) is 11.8 Å². The van der Waals surface area contributed by atoms with Gasteiger partial charge in [-0.2, -0.15) is 0 Å². The Bertz CT molecular complexity index is 382. The third-order valence-electron chi connectivity index (χ3n) is 3.61. The molecular formula is C16H25NO2. The van der Waals surface area contributed by atoms with Gasteiger partial charge in [0.1, 0.15) is 5.75 Å². The minimum absolute atomic E-state index is 0.167. The predicted octanol–water partition coefficient (Wildman–Crippen LogP) is 3.13. The molecule has 0 aliphatic carbocycles. The quantitative estimate of drug-likeness (QED) is 0.756. The summed E-state index contributed by atoms with van der Waals surface area (Å²) in [6.45, 7) is 4.91. The Labute approximate surface area is 116 Å². The fraction of sp³-hybridized carbons (Fsp3) is 0.562. The van der Waals surface area contributed by atoms with E-state index in [2.05, 4.69) is 13.8 Å². The van der Waals surface area contributed by atoms with E-state index < -0.39 is 0 Å². The zero-order valence-corrected chi connectivity index (χ0v) is 12.5. The molecule has 19 heavy (non-hydrogen) atoms. The zero-order chi connectivity index (χ0) is 14.3. The van der Waals surface area contributed by atoms with Gasteiger partial charge in [-0.15, -0.1) is 0 Å². The summed E-state index contributed by atoms with van der Waals surface area (Å²) < 4.78 is 5.13. The van der Waals surface area contributed by atoms with Gasteiger partial charge in [0.25, 0.3) is 0 Å². The Hall–Kier alpha value is -1.51. The summed E-state index contributed by atoms with van der Waals surface area (Å²) in [6.07, 6.45) is 2.72. The highest BCUT2D eigenvalue weighted by Crippen LogP contribution is 2.14. The topological polar surface area (TPSA) is 29.5 Å². The van der Waals surface area contributed by atoms with Crippen molar-refractivity contribution >= 4 is 5.91 Å². The van der Waals surface area contributed by atoms with Crippen LogP contribution in [0.4, 0.5) is 0 Å². The van der Waals surface area contributed by atoms with Gasteiger partial charge < -0.3 is 9.64 Å². The third kappa shape index (κ3) is 4.58. The van der Waals surface area contributed by atoms with Crippen molar-refractivity contribution < 1.29 is 9.53 Å². The van der Waals surface area contributed by atoms with Gasteiger partial charge >= 0.3 is 0 Å². The summed E-state index contributed by atoms with van der Waals surface area (Å²) in [5.74, 6) is 1.30. The molecule has 0 aliphatic heterocycles. The molecule has 0 fully saturated rings. The molecule has 106 valence electrons. The van der Waals surface area contributed by atoms with Crippen LogP contribution in [-0.2, 0) is 11.2 Å². The van der Waals surface area contributed by atoms with Crippen LogP contribution in [0.5, 0.6) is 5.75 Å². The van der Waals surface area contributed by atoms with Crippen LogP contribution in [0.25, 0.3) is 0 Å². The fourth-order valence-corrected chi connectivity index (χ4v) is 2.15. The lowest BCUT2D eigenvalue weighted by Gasteiger charge is -2.22. The van der Waals surface area contributed by atoms with Gasteiger partial charge in [0.05, 0.1) is 7.11 Å². The molecule has 3 nitrogen and oxygen atoms in total. The van der Waals surface area contributed by atoms with Crippen molar-refractivity contribution in [1.82, 2.24) is 4.90 Å². The molecule has 0 radical (unpaired) electrons. The zero-order valence-electron chi connectivity index (χ0n) is 12.5. The Kier molecular flexibility index (Phi) is 6.40. The van der Waals surface area contributed by atoms with E-state index in [4.69, 9.17) is 4.74 Å². The van der Waals surface area contributed by atoms with E-state index in [9.17, 15) is 4.79 Å². The van der Waals surface area contributed by atoms with E-state index in [0.717, 1.165) is 31.6 Å². The van der Waals surface area contributed by atoms with Crippen LogP contribution in [0.3, 0.4) is 0 Å². The lowest BCUT2D eigenvalue weighted by molar-refractivity contribution is -0.134. The number of likely N-dealkylation sites (N-methyl/N-ethyl adjacent to an activating group) is 1. The Morgan fingerprint density at radius 3 is 2.26 bits per heavy atom.